The fourth-order valence-corrected chi connectivity index (χ4v) is 6.36. The standard InChI is InChI=1S/C26H32N4O6S/c1-19-26(32)30(13-12-28-14-16-35-17-15-28)23-18-21(6-9-24(23)36-19)27-25(31)20-4-7-22(8-5-20)37(33,34)29-10-2-3-11-29/h4-9,18-19H,2-3,10-17H2,1H3,(H,27,31). The van der Waals surface area contributed by atoms with E-state index < -0.39 is 16.1 Å². The fraction of sp³-hybridized carbons (Fsp3) is 0.462. The summed E-state index contributed by atoms with van der Waals surface area (Å²) >= 11 is 0. The number of hydrogen-bond acceptors (Lipinski definition) is 7. The minimum Gasteiger partial charge on any atom is -0.479 e. The second-order valence-electron chi connectivity index (χ2n) is 9.48. The van der Waals surface area contributed by atoms with E-state index in [1.165, 1.54) is 28.6 Å². The Morgan fingerprint density at radius 3 is 2.41 bits per heavy atom. The second kappa shape index (κ2) is 10.8. The number of benzene rings is 2. The van der Waals surface area contributed by atoms with Gasteiger partial charge in [-0.1, -0.05) is 0 Å². The van der Waals surface area contributed by atoms with Crippen LogP contribution in [0.15, 0.2) is 47.4 Å². The topological polar surface area (TPSA) is 108 Å². The molecule has 3 heterocycles. The summed E-state index contributed by atoms with van der Waals surface area (Å²) in [5, 5.41) is 2.85. The number of anilines is 2. The van der Waals surface area contributed by atoms with Crippen molar-refractivity contribution in [2.75, 3.05) is 62.7 Å². The largest absolute Gasteiger partial charge is 0.479 e. The highest BCUT2D eigenvalue weighted by Gasteiger charge is 2.32. The first kappa shape index (κ1) is 25.7. The quantitative estimate of drug-likeness (QED) is 0.587. The van der Waals surface area contributed by atoms with Gasteiger partial charge >= 0.3 is 0 Å². The molecular weight excluding hydrogens is 496 g/mol. The van der Waals surface area contributed by atoms with Gasteiger partial charge in [-0.2, -0.15) is 4.31 Å². The van der Waals surface area contributed by atoms with Gasteiger partial charge in [0.15, 0.2) is 6.10 Å². The molecule has 0 saturated carbocycles. The van der Waals surface area contributed by atoms with Crippen LogP contribution in [-0.2, 0) is 19.6 Å². The molecule has 5 rings (SSSR count). The van der Waals surface area contributed by atoms with Crippen LogP contribution in [-0.4, -0.2) is 88.0 Å². The molecule has 2 fully saturated rings. The summed E-state index contributed by atoms with van der Waals surface area (Å²) in [7, 11) is -3.54. The van der Waals surface area contributed by atoms with Crippen LogP contribution in [0, 0.1) is 0 Å². The molecule has 3 aliphatic heterocycles. The van der Waals surface area contributed by atoms with Crippen LogP contribution >= 0.6 is 0 Å². The first-order valence-corrected chi connectivity index (χ1v) is 14.1. The molecule has 2 saturated heterocycles. The van der Waals surface area contributed by atoms with Crippen LogP contribution in [0.1, 0.15) is 30.1 Å². The van der Waals surface area contributed by atoms with Crippen molar-refractivity contribution in [3.05, 3.63) is 48.0 Å². The highest BCUT2D eigenvalue weighted by Crippen LogP contribution is 2.36. The molecule has 0 radical (unpaired) electrons. The number of nitrogens with zero attached hydrogens (tertiary/aromatic N) is 3. The normalized spacial score (nSPS) is 20.9. The molecule has 1 atom stereocenters. The van der Waals surface area contributed by atoms with Gasteiger partial charge in [-0.25, -0.2) is 8.42 Å². The van der Waals surface area contributed by atoms with E-state index in [1.807, 2.05) is 0 Å². The highest BCUT2D eigenvalue weighted by molar-refractivity contribution is 7.89. The van der Waals surface area contributed by atoms with Gasteiger partial charge in [0.25, 0.3) is 11.8 Å². The molecule has 10 nitrogen and oxygen atoms in total. The van der Waals surface area contributed by atoms with Crippen molar-refractivity contribution < 1.29 is 27.5 Å². The van der Waals surface area contributed by atoms with Crippen molar-refractivity contribution in [2.45, 2.75) is 30.8 Å². The zero-order valence-corrected chi connectivity index (χ0v) is 21.7. The first-order chi connectivity index (χ1) is 17.8. The van der Waals surface area contributed by atoms with E-state index >= 15 is 0 Å². The van der Waals surface area contributed by atoms with E-state index in [2.05, 4.69) is 10.2 Å². The van der Waals surface area contributed by atoms with Crippen molar-refractivity contribution in [3.63, 3.8) is 0 Å². The molecule has 37 heavy (non-hydrogen) atoms. The van der Waals surface area contributed by atoms with Gasteiger partial charge in [-0.3, -0.25) is 14.5 Å². The van der Waals surface area contributed by atoms with Crippen LogP contribution in [0.4, 0.5) is 11.4 Å². The molecule has 0 bridgehead atoms. The summed E-state index contributed by atoms with van der Waals surface area (Å²) in [5.74, 6) is 0.0870. The first-order valence-electron chi connectivity index (χ1n) is 12.7. The van der Waals surface area contributed by atoms with Gasteiger partial charge in [0.1, 0.15) is 5.75 Å². The number of carbonyl (C=O) groups excluding carboxylic acids is 2. The monoisotopic (exact) mass is 528 g/mol. The zero-order chi connectivity index (χ0) is 26.0. The summed E-state index contributed by atoms with van der Waals surface area (Å²) in [6.45, 7) is 7.03. The molecule has 3 aliphatic rings. The summed E-state index contributed by atoms with van der Waals surface area (Å²) in [4.78, 5) is 30.0. The number of amides is 2. The predicted molar refractivity (Wildman–Crippen MR) is 139 cm³/mol. The molecule has 1 N–H and O–H groups in total. The third-order valence-corrected chi connectivity index (χ3v) is 8.90. The third kappa shape index (κ3) is 5.49. The molecular formula is C26H32N4O6S. The number of rotatable bonds is 7. The Bertz CT molecular complexity index is 1250. The van der Waals surface area contributed by atoms with E-state index in [-0.39, 0.29) is 16.7 Å². The third-order valence-electron chi connectivity index (χ3n) is 6.99. The van der Waals surface area contributed by atoms with Crippen molar-refractivity contribution in [1.82, 2.24) is 9.21 Å². The Morgan fingerprint density at radius 2 is 1.70 bits per heavy atom. The van der Waals surface area contributed by atoms with E-state index in [0.717, 1.165) is 25.9 Å². The molecule has 11 heteroatoms. The second-order valence-corrected chi connectivity index (χ2v) is 11.4. The maximum absolute atomic E-state index is 12.9. The highest BCUT2D eigenvalue weighted by atomic mass is 32.2. The lowest BCUT2D eigenvalue weighted by Crippen LogP contribution is -2.48. The minimum atomic E-state index is -3.54. The number of fused-ring (bicyclic) bond motifs is 1. The van der Waals surface area contributed by atoms with Crippen LogP contribution in [0.25, 0.3) is 0 Å². The minimum absolute atomic E-state index is 0.126. The van der Waals surface area contributed by atoms with Crippen LogP contribution in [0.5, 0.6) is 5.75 Å². The predicted octanol–water partition coefficient (Wildman–Crippen LogP) is 2.17. The molecule has 2 aromatic rings. The van der Waals surface area contributed by atoms with Crippen LogP contribution in [0.2, 0.25) is 0 Å². The number of hydrogen-bond donors (Lipinski definition) is 1. The number of carbonyl (C=O) groups is 2. The molecule has 0 aliphatic carbocycles. The van der Waals surface area contributed by atoms with Crippen molar-refractivity contribution in [3.8, 4) is 5.75 Å². The SMILES string of the molecule is CC1Oc2ccc(NC(=O)c3ccc(S(=O)(=O)N4CCCC4)cc3)cc2N(CCN2CCOCC2)C1=O. The Labute approximate surface area is 217 Å². The molecule has 1 unspecified atom stereocenters. The smallest absolute Gasteiger partial charge is 0.267 e. The molecule has 2 amide bonds. The van der Waals surface area contributed by atoms with E-state index in [0.29, 0.717) is 62.1 Å². The number of ether oxygens (including phenoxy) is 2. The maximum Gasteiger partial charge on any atom is 0.267 e. The average molecular weight is 529 g/mol. The van der Waals surface area contributed by atoms with E-state index in [1.54, 1.807) is 30.0 Å². The summed E-state index contributed by atoms with van der Waals surface area (Å²) in [6, 6.07) is 11.2. The Morgan fingerprint density at radius 1 is 1.00 bits per heavy atom. The molecule has 2 aromatic carbocycles. The lowest BCUT2D eigenvalue weighted by Gasteiger charge is -2.35. The number of nitrogens with one attached hydrogen (secondary N) is 1. The summed E-state index contributed by atoms with van der Waals surface area (Å²) < 4.78 is 38.2. The van der Waals surface area contributed by atoms with E-state index in [9.17, 15) is 18.0 Å². The van der Waals surface area contributed by atoms with Crippen LogP contribution in [0.3, 0.4) is 0 Å². The van der Waals surface area contributed by atoms with Gasteiger partial charge in [0, 0.05) is 50.5 Å². The van der Waals surface area contributed by atoms with Crippen molar-refractivity contribution in [1.29, 1.82) is 0 Å². The Kier molecular flexibility index (Phi) is 7.47. The van der Waals surface area contributed by atoms with Gasteiger partial charge in [-0.15, -0.1) is 0 Å². The average Bonchev–Trinajstić information content (AvgIpc) is 3.46. The Balaban J connectivity index is 1.29. The molecule has 198 valence electrons. The summed E-state index contributed by atoms with van der Waals surface area (Å²) in [5.41, 5.74) is 1.46. The van der Waals surface area contributed by atoms with Gasteiger partial charge in [0.05, 0.1) is 23.8 Å². The van der Waals surface area contributed by atoms with Crippen LogP contribution < -0.4 is 15.0 Å². The van der Waals surface area contributed by atoms with Crippen molar-refractivity contribution >= 4 is 33.2 Å². The molecule has 0 spiro atoms. The zero-order valence-electron chi connectivity index (χ0n) is 20.9. The number of sulfonamides is 1. The van der Waals surface area contributed by atoms with E-state index in [4.69, 9.17) is 9.47 Å². The summed E-state index contributed by atoms with van der Waals surface area (Å²) in [6.07, 6.45) is 1.13. The van der Waals surface area contributed by atoms with Gasteiger partial charge in [0.2, 0.25) is 10.0 Å². The fourth-order valence-electron chi connectivity index (χ4n) is 4.84. The maximum atomic E-state index is 12.9. The van der Waals surface area contributed by atoms with Crippen molar-refractivity contribution in [2.24, 2.45) is 0 Å². The van der Waals surface area contributed by atoms with Gasteiger partial charge in [-0.05, 0) is 62.2 Å². The lowest BCUT2D eigenvalue weighted by molar-refractivity contribution is -0.125. The molecule has 0 aromatic heterocycles. The van der Waals surface area contributed by atoms with Gasteiger partial charge < -0.3 is 19.7 Å². The Hall–Kier alpha value is -2.99. The number of morpholine rings is 1. The lowest BCUT2D eigenvalue weighted by atomic mass is 10.1.